The first-order chi connectivity index (χ1) is 6.16. The van der Waals surface area contributed by atoms with E-state index < -0.39 is 0 Å². The Kier molecular flexibility index (Phi) is 3.72. The third-order valence-electron chi connectivity index (χ3n) is 2.96. The van der Waals surface area contributed by atoms with E-state index in [1.54, 1.807) is 0 Å². The molecule has 0 bridgehead atoms. The van der Waals surface area contributed by atoms with Crippen molar-refractivity contribution < 1.29 is 4.79 Å². The van der Waals surface area contributed by atoms with Gasteiger partial charge >= 0.3 is 0 Å². The Morgan fingerprint density at radius 2 is 2.00 bits per heavy atom. The smallest absolute Gasteiger partial charge is 0.239 e. The van der Waals surface area contributed by atoms with Crippen LogP contribution in [0, 0.1) is 5.92 Å². The number of hydrogen-bond acceptors (Lipinski definition) is 2. The van der Waals surface area contributed by atoms with Crippen LogP contribution >= 0.6 is 0 Å². The van der Waals surface area contributed by atoms with Crippen molar-refractivity contribution in [2.24, 2.45) is 11.7 Å². The molecule has 0 aliphatic carbocycles. The quantitative estimate of drug-likeness (QED) is 0.710. The molecule has 1 amide bonds. The van der Waals surface area contributed by atoms with Crippen LogP contribution in [-0.4, -0.2) is 29.9 Å². The van der Waals surface area contributed by atoms with Gasteiger partial charge in [-0.15, -0.1) is 0 Å². The van der Waals surface area contributed by atoms with E-state index >= 15 is 0 Å². The molecule has 1 rings (SSSR count). The lowest BCUT2D eigenvalue weighted by Gasteiger charge is -2.23. The highest BCUT2D eigenvalue weighted by atomic mass is 16.2. The summed E-state index contributed by atoms with van der Waals surface area (Å²) in [6, 6.07) is -0.289. The summed E-state index contributed by atoms with van der Waals surface area (Å²) in [6.07, 6.45) is 3.25. The van der Waals surface area contributed by atoms with Gasteiger partial charge in [-0.05, 0) is 18.8 Å². The van der Waals surface area contributed by atoms with Crippen molar-refractivity contribution in [2.75, 3.05) is 13.1 Å². The summed E-state index contributed by atoms with van der Waals surface area (Å²) >= 11 is 0. The van der Waals surface area contributed by atoms with Gasteiger partial charge in [0, 0.05) is 13.1 Å². The van der Waals surface area contributed by atoms with Crippen molar-refractivity contribution in [1.29, 1.82) is 0 Å². The number of nitrogens with zero attached hydrogens (tertiary/aromatic N) is 1. The Morgan fingerprint density at radius 3 is 2.46 bits per heavy atom. The van der Waals surface area contributed by atoms with E-state index in [0.717, 1.165) is 32.4 Å². The van der Waals surface area contributed by atoms with Crippen LogP contribution in [0.15, 0.2) is 0 Å². The van der Waals surface area contributed by atoms with Gasteiger partial charge in [0.15, 0.2) is 0 Å². The van der Waals surface area contributed by atoms with Gasteiger partial charge in [0.05, 0.1) is 6.04 Å². The van der Waals surface area contributed by atoms with Crippen molar-refractivity contribution in [3.05, 3.63) is 0 Å². The molecule has 1 fully saturated rings. The van der Waals surface area contributed by atoms with E-state index in [1.165, 1.54) is 0 Å². The molecule has 1 unspecified atom stereocenters. The third-order valence-corrected chi connectivity index (χ3v) is 2.96. The number of rotatable bonds is 3. The molecule has 2 atom stereocenters. The van der Waals surface area contributed by atoms with E-state index in [9.17, 15) is 4.79 Å². The van der Waals surface area contributed by atoms with Crippen molar-refractivity contribution >= 4 is 5.91 Å². The van der Waals surface area contributed by atoms with Crippen LogP contribution in [0.25, 0.3) is 0 Å². The maximum atomic E-state index is 11.7. The first-order valence-electron chi connectivity index (χ1n) is 5.21. The molecule has 3 nitrogen and oxygen atoms in total. The largest absolute Gasteiger partial charge is 0.341 e. The Balaban J connectivity index is 2.45. The molecule has 0 spiro atoms. The minimum atomic E-state index is -0.289. The van der Waals surface area contributed by atoms with Gasteiger partial charge in [-0.1, -0.05) is 20.3 Å². The molecule has 1 saturated heterocycles. The molecule has 0 saturated carbocycles. The van der Waals surface area contributed by atoms with Crippen LogP contribution in [0.5, 0.6) is 0 Å². The second-order valence-electron chi connectivity index (χ2n) is 3.94. The summed E-state index contributed by atoms with van der Waals surface area (Å²) in [7, 11) is 0. The number of amides is 1. The standard InChI is InChI=1S/C10H20N2O/c1-3-8(2)9(11)10(13)12-6-4-5-7-12/h8-9H,3-7,11H2,1-2H3/t8?,9-/m1/s1. The maximum absolute atomic E-state index is 11.7. The molecule has 13 heavy (non-hydrogen) atoms. The number of carbonyl (C=O) groups excluding carboxylic acids is 1. The molecule has 76 valence electrons. The van der Waals surface area contributed by atoms with Crippen molar-refractivity contribution in [3.8, 4) is 0 Å². The molecule has 3 heteroatoms. The molecule has 0 aromatic rings. The number of likely N-dealkylation sites (tertiary alicyclic amines) is 1. The minimum absolute atomic E-state index is 0.145. The normalized spacial score (nSPS) is 21.6. The summed E-state index contributed by atoms with van der Waals surface area (Å²) in [5, 5.41) is 0. The predicted molar refractivity (Wildman–Crippen MR) is 53.2 cm³/mol. The highest BCUT2D eigenvalue weighted by Crippen LogP contribution is 2.13. The molecular formula is C10H20N2O. The first kappa shape index (κ1) is 10.5. The molecule has 1 aliphatic heterocycles. The van der Waals surface area contributed by atoms with Crippen LogP contribution < -0.4 is 5.73 Å². The van der Waals surface area contributed by atoms with Gasteiger partial charge in [0.1, 0.15) is 0 Å². The lowest BCUT2D eigenvalue weighted by Crippen LogP contribution is -2.45. The topological polar surface area (TPSA) is 46.3 Å². The second kappa shape index (κ2) is 4.61. The minimum Gasteiger partial charge on any atom is -0.341 e. The van der Waals surface area contributed by atoms with Gasteiger partial charge < -0.3 is 10.6 Å². The number of carbonyl (C=O) groups is 1. The van der Waals surface area contributed by atoms with Crippen LogP contribution in [0.2, 0.25) is 0 Å². The number of nitrogens with two attached hydrogens (primary N) is 1. The number of hydrogen-bond donors (Lipinski definition) is 1. The van der Waals surface area contributed by atoms with Crippen molar-refractivity contribution in [3.63, 3.8) is 0 Å². The second-order valence-corrected chi connectivity index (χ2v) is 3.94. The Morgan fingerprint density at radius 1 is 1.46 bits per heavy atom. The fourth-order valence-electron chi connectivity index (χ4n) is 1.65. The summed E-state index contributed by atoms with van der Waals surface area (Å²) in [5.41, 5.74) is 5.86. The lowest BCUT2D eigenvalue weighted by molar-refractivity contribution is -0.132. The summed E-state index contributed by atoms with van der Waals surface area (Å²) in [4.78, 5) is 13.6. The van der Waals surface area contributed by atoms with Crippen LogP contribution in [-0.2, 0) is 4.79 Å². The molecule has 0 radical (unpaired) electrons. The van der Waals surface area contributed by atoms with Crippen molar-refractivity contribution in [2.45, 2.75) is 39.2 Å². The van der Waals surface area contributed by atoms with Crippen LogP contribution in [0.1, 0.15) is 33.1 Å². The third kappa shape index (κ3) is 2.44. The van der Waals surface area contributed by atoms with Gasteiger partial charge in [-0.25, -0.2) is 0 Å². The summed E-state index contributed by atoms with van der Waals surface area (Å²) < 4.78 is 0. The SMILES string of the molecule is CCC(C)[C@@H](N)C(=O)N1CCCC1. The highest BCUT2D eigenvalue weighted by Gasteiger charge is 2.26. The lowest BCUT2D eigenvalue weighted by atomic mass is 9.99. The molecule has 1 aliphatic rings. The fourth-order valence-corrected chi connectivity index (χ4v) is 1.65. The zero-order valence-electron chi connectivity index (χ0n) is 8.62. The van der Waals surface area contributed by atoms with Crippen LogP contribution in [0.3, 0.4) is 0 Å². The molecular weight excluding hydrogens is 164 g/mol. The van der Waals surface area contributed by atoms with Gasteiger partial charge in [-0.2, -0.15) is 0 Å². The van der Waals surface area contributed by atoms with Gasteiger partial charge in [0.2, 0.25) is 5.91 Å². The summed E-state index contributed by atoms with van der Waals surface area (Å²) in [6.45, 7) is 5.92. The van der Waals surface area contributed by atoms with E-state index in [-0.39, 0.29) is 11.9 Å². The van der Waals surface area contributed by atoms with E-state index in [1.807, 2.05) is 11.8 Å². The molecule has 0 aromatic carbocycles. The molecule has 0 aromatic heterocycles. The summed E-state index contributed by atoms with van der Waals surface area (Å²) in [5.74, 6) is 0.444. The molecule has 1 heterocycles. The van der Waals surface area contributed by atoms with Gasteiger partial charge in [0.25, 0.3) is 0 Å². The maximum Gasteiger partial charge on any atom is 0.239 e. The van der Waals surface area contributed by atoms with Crippen molar-refractivity contribution in [1.82, 2.24) is 4.90 Å². The fraction of sp³-hybridized carbons (Fsp3) is 0.900. The van der Waals surface area contributed by atoms with Crippen LogP contribution in [0.4, 0.5) is 0 Å². The average molecular weight is 184 g/mol. The Bertz CT molecular complexity index is 176. The monoisotopic (exact) mass is 184 g/mol. The first-order valence-corrected chi connectivity index (χ1v) is 5.21. The molecule has 2 N–H and O–H groups in total. The van der Waals surface area contributed by atoms with Gasteiger partial charge in [-0.3, -0.25) is 4.79 Å². The zero-order chi connectivity index (χ0) is 9.84. The van der Waals surface area contributed by atoms with E-state index in [0.29, 0.717) is 5.92 Å². The predicted octanol–water partition coefficient (Wildman–Crippen LogP) is 0.982. The van der Waals surface area contributed by atoms with E-state index in [4.69, 9.17) is 5.73 Å². The zero-order valence-corrected chi connectivity index (χ0v) is 8.62. The van der Waals surface area contributed by atoms with E-state index in [2.05, 4.69) is 6.92 Å². The Hall–Kier alpha value is -0.570. The highest BCUT2D eigenvalue weighted by molar-refractivity contribution is 5.82. The average Bonchev–Trinajstić information content (AvgIpc) is 2.67. The Labute approximate surface area is 80.3 Å².